The van der Waals surface area contributed by atoms with Crippen LogP contribution >= 0.6 is 23.2 Å². The van der Waals surface area contributed by atoms with E-state index < -0.39 is 5.91 Å². The van der Waals surface area contributed by atoms with E-state index in [0.29, 0.717) is 28.6 Å². The molecule has 142 valence electrons. The van der Waals surface area contributed by atoms with Crippen molar-refractivity contribution in [2.24, 2.45) is 5.73 Å². The van der Waals surface area contributed by atoms with Crippen LogP contribution in [0.1, 0.15) is 27.9 Å². The third kappa shape index (κ3) is 6.58. The van der Waals surface area contributed by atoms with Crippen molar-refractivity contribution >= 4 is 40.9 Å². The Morgan fingerprint density at radius 1 is 0.963 bits per heavy atom. The summed E-state index contributed by atoms with van der Waals surface area (Å²) >= 11 is 12.1. The van der Waals surface area contributed by atoms with Gasteiger partial charge in [0.2, 0.25) is 11.8 Å². The SMILES string of the molecule is NC(=O)CNC(=O)c1ccc(CNC(=O)CCc2cccc(Cl)c2Cl)cc1. The Bertz CT molecular complexity index is 839. The van der Waals surface area contributed by atoms with E-state index in [1.54, 1.807) is 36.4 Å². The van der Waals surface area contributed by atoms with Gasteiger partial charge in [-0.25, -0.2) is 0 Å². The minimum atomic E-state index is -0.609. The van der Waals surface area contributed by atoms with Crippen molar-refractivity contribution in [1.29, 1.82) is 0 Å². The van der Waals surface area contributed by atoms with Gasteiger partial charge in [-0.3, -0.25) is 14.4 Å². The fraction of sp³-hybridized carbons (Fsp3) is 0.211. The monoisotopic (exact) mass is 407 g/mol. The van der Waals surface area contributed by atoms with E-state index in [1.165, 1.54) is 0 Å². The lowest BCUT2D eigenvalue weighted by molar-refractivity contribution is -0.121. The summed E-state index contributed by atoms with van der Waals surface area (Å²) in [6.45, 7) is 0.124. The molecule has 8 heteroatoms. The molecule has 0 saturated carbocycles. The summed E-state index contributed by atoms with van der Waals surface area (Å²) in [5.74, 6) is -1.11. The molecule has 2 aromatic carbocycles. The van der Waals surface area contributed by atoms with Crippen molar-refractivity contribution in [3.8, 4) is 0 Å². The Kier molecular flexibility index (Phi) is 7.64. The molecule has 0 heterocycles. The van der Waals surface area contributed by atoms with Crippen molar-refractivity contribution in [2.45, 2.75) is 19.4 Å². The highest BCUT2D eigenvalue weighted by molar-refractivity contribution is 6.42. The van der Waals surface area contributed by atoms with Crippen LogP contribution in [0.2, 0.25) is 10.0 Å². The van der Waals surface area contributed by atoms with E-state index in [4.69, 9.17) is 28.9 Å². The topological polar surface area (TPSA) is 101 Å². The molecule has 0 bridgehead atoms. The summed E-state index contributed by atoms with van der Waals surface area (Å²) < 4.78 is 0. The van der Waals surface area contributed by atoms with Crippen LogP contribution in [0.25, 0.3) is 0 Å². The first-order valence-corrected chi connectivity index (χ1v) is 8.97. The average molecular weight is 408 g/mol. The number of nitrogens with two attached hydrogens (primary N) is 1. The normalized spacial score (nSPS) is 10.3. The van der Waals surface area contributed by atoms with Crippen molar-refractivity contribution in [2.75, 3.05) is 6.54 Å². The van der Waals surface area contributed by atoms with Crippen LogP contribution in [-0.2, 0) is 22.6 Å². The van der Waals surface area contributed by atoms with Crippen LogP contribution in [0.3, 0.4) is 0 Å². The zero-order valence-electron chi connectivity index (χ0n) is 14.4. The molecule has 4 N–H and O–H groups in total. The minimum Gasteiger partial charge on any atom is -0.368 e. The maximum Gasteiger partial charge on any atom is 0.251 e. The number of halogens is 2. The Balaban J connectivity index is 1.80. The molecule has 2 aromatic rings. The van der Waals surface area contributed by atoms with E-state index in [-0.39, 0.29) is 24.8 Å². The summed E-state index contributed by atoms with van der Waals surface area (Å²) in [4.78, 5) is 34.5. The van der Waals surface area contributed by atoms with Gasteiger partial charge in [0.15, 0.2) is 0 Å². The van der Waals surface area contributed by atoms with Crippen LogP contribution in [0.15, 0.2) is 42.5 Å². The number of carbonyl (C=O) groups is 3. The van der Waals surface area contributed by atoms with Crippen molar-refractivity contribution in [3.63, 3.8) is 0 Å². The highest BCUT2D eigenvalue weighted by Crippen LogP contribution is 2.26. The van der Waals surface area contributed by atoms with Gasteiger partial charge in [-0.05, 0) is 35.7 Å². The van der Waals surface area contributed by atoms with Gasteiger partial charge in [-0.2, -0.15) is 0 Å². The molecule has 0 aliphatic heterocycles. The van der Waals surface area contributed by atoms with E-state index in [9.17, 15) is 14.4 Å². The van der Waals surface area contributed by atoms with Gasteiger partial charge >= 0.3 is 0 Å². The van der Waals surface area contributed by atoms with Gasteiger partial charge in [0.05, 0.1) is 16.6 Å². The summed E-state index contributed by atoms with van der Waals surface area (Å²) in [5, 5.41) is 6.16. The molecule has 0 radical (unpaired) electrons. The van der Waals surface area contributed by atoms with Gasteiger partial charge in [0, 0.05) is 18.5 Å². The molecule has 0 aliphatic carbocycles. The number of rotatable bonds is 8. The highest BCUT2D eigenvalue weighted by Gasteiger charge is 2.09. The lowest BCUT2D eigenvalue weighted by Crippen LogP contribution is -2.33. The fourth-order valence-corrected chi connectivity index (χ4v) is 2.74. The van der Waals surface area contributed by atoms with Gasteiger partial charge in [0.1, 0.15) is 0 Å². The molecule has 0 aromatic heterocycles. The number of nitrogens with one attached hydrogen (secondary N) is 2. The zero-order valence-corrected chi connectivity index (χ0v) is 15.9. The molecule has 0 fully saturated rings. The number of benzene rings is 2. The quantitative estimate of drug-likeness (QED) is 0.626. The number of hydrogen-bond acceptors (Lipinski definition) is 3. The first-order chi connectivity index (χ1) is 12.9. The number of amides is 3. The second-order valence-electron chi connectivity index (χ2n) is 5.84. The van der Waals surface area contributed by atoms with Crippen molar-refractivity contribution in [3.05, 3.63) is 69.2 Å². The van der Waals surface area contributed by atoms with Crippen LogP contribution in [0, 0.1) is 0 Å². The van der Waals surface area contributed by atoms with Crippen LogP contribution in [-0.4, -0.2) is 24.3 Å². The van der Waals surface area contributed by atoms with E-state index in [1.807, 2.05) is 6.07 Å². The second-order valence-corrected chi connectivity index (χ2v) is 6.62. The van der Waals surface area contributed by atoms with Crippen LogP contribution in [0.5, 0.6) is 0 Å². The first-order valence-electron chi connectivity index (χ1n) is 8.22. The standard InChI is InChI=1S/C19H19Cl2N3O3/c20-15-3-1-2-13(18(15)21)8-9-17(26)23-10-12-4-6-14(7-5-12)19(27)24-11-16(22)25/h1-7H,8-11H2,(H2,22,25)(H,23,26)(H,24,27). The van der Waals surface area contributed by atoms with Gasteiger partial charge in [-0.15, -0.1) is 0 Å². The largest absolute Gasteiger partial charge is 0.368 e. The van der Waals surface area contributed by atoms with Gasteiger partial charge < -0.3 is 16.4 Å². The highest BCUT2D eigenvalue weighted by atomic mass is 35.5. The Hall–Kier alpha value is -2.57. The van der Waals surface area contributed by atoms with Crippen LogP contribution < -0.4 is 16.4 Å². The molecular weight excluding hydrogens is 389 g/mol. The van der Waals surface area contributed by atoms with Crippen LogP contribution in [0.4, 0.5) is 0 Å². The minimum absolute atomic E-state index is 0.116. The first kappa shape index (κ1) is 20.7. The summed E-state index contributed by atoms with van der Waals surface area (Å²) in [6.07, 6.45) is 0.776. The average Bonchev–Trinajstić information content (AvgIpc) is 2.66. The molecule has 2 rings (SSSR count). The molecule has 27 heavy (non-hydrogen) atoms. The lowest BCUT2D eigenvalue weighted by Gasteiger charge is -2.08. The number of primary amides is 1. The Labute approximate surface area is 167 Å². The molecule has 0 unspecified atom stereocenters. The zero-order chi connectivity index (χ0) is 19.8. The Morgan fingerprint density at radius 3 is 2.33 bits per heavy atom. The molecule has 0 aliphatic rings. The molecule has 0 spiro atoms. The van der Waals surface area contributed by atoms with E-state index in [0.717, 1.165) is 11.1 Å². The number of carbonyl (C=O) groups excluding carboxylic acids is 3. The maximum absolute atomic E-state index is 12.0. The maximum atomic E-state index is 12.0. The molecular formula is C19H19Cl2N3O3. The second kappa shape index (κ2) is 9.94. The molecule has 6 nitrogen and oxygen atoms in total. The molecule has 0 atom stereocenters. The van der Waals surface area contributed by atoms with Crippen molar-refractivity contribution < 1.29 is 14.4 Å². The van der Waals surface area contributed by atoms with Gasteiger partial charge in [0.25, 0.3) is 5.91 Å². The van der Waals surface area contributed by atoms with E-state index >= 15 is 0 Å². The van der Waals surface area contributed by atoms with Gasteiger partial charge in [-0.1, -0.05) is 47.5 Å². The summed E-state index contributed by atoms with van der Waals surface area (Å²) in [7, 11) is 0. The smallest absolute Gasteiger partial charge is 0.251 e. The predicted octanol–water partition coefficient (Wildman–Crippen LogP) is 2.46. The number of hydrogen-bond donors (Lipinski definition) is 3. The lowest BCUT2D eigenvalue weighted by atomic mass is 10.1. The third-order valence-corrected chi connectivity index (χ3v) is 4.64. The Morgan fingerprint density at radius 2 is 1.67 bits per heavy atom. The summed E-state index contributed by atoms with van der Waals surface area (Å²) in [5.41, 5.74) is 7.05. The third-order valence-electron chi connectivity index (χ3n) is 3.78. The molecule has 3 amide bonds. The van der Waals surface area contributed by atoms with E-state index in [2.05, 4.69) is 10.6 Å². The predicted molar refractivity (Wildman–Crippen MR) is 105 cm³/mol. The van der Waals surface area contributed by atoms with Crippen molar-refractivity contribution in [1.82, 2.24) is 10.6 Å². The number of aryl methyl sites for hydroxylation is 1. The fourth-order valence-electron chi connectivity index (χ4n) is 2.32. The summed E-state index contributed by atoms with van der Waals surface area (Å²) in [6, 6.07) is 12.0. The molecule has 0 saturated heterocycles.